The molecule has 2 aliphatic rings. The molecular formula is C21H23ClN2O2. The van der Waals surface area contributed by atoms with Crippen molar-refractivity contribution < 1.29 is 9.53 Å². The number of halogens is 1. The van der Waals surface area contributed by atoms with Gasteiger partial charge in [0.25, 0.3) is 5.91 Å². The van der Waals surface area contributed by atoms with Crippen LogP contribution in [0.3, 0.4) is 0 Å². The second kappa shape index (κ2) is 7.58. The Morgan fingerprint density at radius 3 is 2.58 bits per heavy atom. The van der Waals surface area contributed by atoms with Crippen LogP contribution >= 0.6 is 11.6 Å². The van der Waals surface area contributed by atoms with Gasteiger partial charge in [-0.1, -0.05) is 29.8 Å². The first-order chi connectivity index (χ1) is 12.7. The van der Waals surface area contributed by atoms with Gasteiger partial charge in [0, 0.05) is 26.2 Å². The van der Waals surface area contributed by atoms with Crippen molar-refractivity contribution in [1.29, 1.82) is 0 Å². The number of para-hydroxylation sites is 1. The average molecular weight is 371 g/mol. The first-order valence-electron chi connectivity index (χ1n) is 9.22. The Kier molecular flexibility index (Phi) is 5.02. The van der Waals surface area contributed by atoms with E-state index in [1.165, 1.54) is 17.5 Å². The lowest BCUT2D eigenvalue weighted by atomic mass is 10.1. The Bertz CT molecular complexity index is 800. The molecule has 0 atom stereocenters. The number of piperazine rings is 1. The number of amides is 1. The van der Waals surface area contributed by atoms with E-state index in [9.17, 15) is 4.79 Å². The van der Waals surface area contributed by atoms with Gasteiger partial charge in [0.15, 0.2) is 6.61 Å². The van der Waals surface area contributed by atoms with Gasteiger partial charge in [0.2, 0.25) is 0 Å². The SMILES string of the molecule is O=C(COc1ccc2c(c1)CCC2)N1CCN(c2ccccc2Cl)CC1. The van der Waals surface area contributed by atoms with Crippen molar-refractivity contribution >= 4 is 23.2 Å². The van der Waals surface area contributed by atoms with Gasteiger partial charge < -0.3 is 14.5 Å². The van der Waals surface area contributed by atoms with Crippen LogP contribution in [0, 0.1) is 0 Å². The number of hydrogen-bond acceptors (Lipinski definition) is 3. The molecule has 0 saturated carbocycles. The largest absolute Gasteiger partial charge is 0.484 e. The molecule has 2 aromatic rings. The third-order valence-corrected chi connectivity index (χ3v) is 5.58. The molecule has 0 bridgehead atoms. The monoisotopic (exact) mass is 370 g/mol. The molecule has 136 valence electrons. The molecule has 0 spiro atoms. The van der Waals surface area contributed by atoms with Crippen LogP contribution in [0.15, 0.2) is 42.5 Å². The third kappa shape index (κ3) is 3.65. The van der Waals surface area contributed by atoms with Crippen LogP contribution in [0.2, 0.25) is 5.02 Å². The molecule has 0 aromatic heterocycles. The number of carbonyl (C=O) groups excluding carboxylic acids is 1. The van der Waals surface area contributed by atoms with E-state index >= 15 is 0 Å². The number of nitrogens with zero attached hydrogens (tertiary/aromatic N) is 2. The zero-order valence-electron chi connectivity index (χ0n) is 14.8. The van der Waals surface area contributed by atoms with Gasteiger partial charge >= 0.3 is 0 Å². The van der Waals surface area contributed by atoms with Crippen molar-refractivity contribution in [3.05, 3.63) is 58.6 Å². The van der Waals surface area contributed by atoms with Crippen molar-refractivity contribution in [2.24, 2.45) is 0 Å². The molecule has 1 aliphatic heterocycles. The van der Waals surface area contributed by atoms with Gasteiger partial charge in [-0.25, -0.2) is 0 Å². The summed E-state index contributed by atoms with van der Waals surface area (Å²) >= 11 is 6.27. The number of aryl methyl sites for hydroxylation is 2. The fraction of sp³-hybridized carbons (Fsp3) is 0.381. The Hall–Kier alpha value is -2.20. The lowest BCUT2D eigenvalue weighted by molar-refractivity contribution is -0.133. The number of carbonyl (C=O) groups is 1. The van der Waals surface area contributed by atoms with Gasteiger partial charge in [-0.2, -0.15) is 0 Å². The maximum atomic E-state index is 12.5. The van der Waals surface area contributed by atoms with E-state index in [4.69, 9.17) is 16.3 Å². The van der Waals surface area contributed by atoms with Crippen molar-refractivity contribution in [3.63, 3.8) is 0 Å². The number of fused-ring (bicyclic) bond motifs is 1. The maximum absolute atomic E-state index is 12.5. The lowest BCUT2D eigenvalue weighted by Gasteiger charge is -2.36. The van der Waals surface area contributed by atoms with Crippen LogP contribution in [-0.2, 0) is 17.6 Å². The van der Waals surface area contributed by atoms with Crippen LogP contribution in [0.1, 0.15) is 17.5 Å². The maximum Gasteiger partial charge on any atom is 0.260 e. The fourth-order valence-corrected chi connectivity index (χ4v) is 4.03. The predicted octanol–water partition coefficient (Wildman–Crippen LogP) is 3.56. The minimum absolute atomic E-state index is 0.0457. The summed E-state index contributed by atoms with van der Waals surface area (Å²) in [5, 5.41) is 0.757. The molecule has 1 saturated heterocycles. The number of ether oxygens (including phenoxy) is 1. The molecule has 2 aromatic carbocycles. The van der Waals surface area contributed by atoms with E-state index in [1.807, 2.05) is 35.2 Å². The predicted molar refractivity (Wildman–Crippen MR) is 104 cm³/mol. The Morgan fingerprint density at radius 2 is 1.77 bits per heavy atom. The van der Waals surface area contributed by atoms with Crippen LogP contribution in [0.5, 0.6) is 5.75 Å². The molecule has 26 heavy (non-hydrogen) atoms. The highest BCUT2D eigenvalue weighted by atomic mass is 35.5. The first-order valence-corrected chi connectivity index (χ1v) is 9.60. The summed E-state index contributed by atoms with van der Waals surface area (Å²) in [5.41, 5.74) is 3.82. The van der Waals surface area contributed by atoms with Crippen LogP contribution in [0.4, 0.5) is 5.69 Å². The Balaban J connectivity index is 1.29. The summed E-state index contributed by atoms with van der Waals surface area (Å²) in [4.78, 5) is 16.6. The van der Waals surface area contributed by atoms with E-state index in [2.05, 4.69) is 17.0 Å². The minimum Gasteiger partial charge on any atom is -0.484 e. The Labute approximate surface area is 159 Å². The molecule has 5 heteroatoms. The van der Waals surface area contributed by atoms with Gasteiger partial charge in [0.1, 0.15) is 5.75 Å². The molecule has 1 fully saturated rings. The molecule has 0 unspecified atom stereocenters. The summed E-state index contributed by atoms with van der Waals surface area (Å²) in [6, 6.07) is 14.0. The highest BCUT2D eigenvalue weighted by molar-refractivity contribution is 6.33. The summed E-state index contributed by atoms with van der Waals surface area (Å²) in [5.74, 6) is 0.845. The van der Waals surface area contributed by atoms with Crippen LogP contribution < -0.4 is 9.64 Å². The molecule has 4 rings (SSSR count). The smallest absolute Gasteiger partial charge is 0.260 e. The molecule has 1 amide bonds. The summed E-state index contributed by atoms with van der Waals surface area (Å²) in [6.45, 7) is 3.06. The first kappa shape index (κ1) is 17.2. The van der Waals surface area contributed by atoms with Crippen molar-refractivity contribution in [2.75, 3.05) is 37.7 Å². The van der Waals surface area contributed by atoms with Gasteiger partial charge in [-0.15, -0.1) is 0 Å². The highest BCUT2D eigenvalue weighted by Crippen LogP contribution is 2.27. The zero-order valence-corrected chi connectivity index (χ0v) is 15.5. The van der Waals surface area contributed by atoms with E-state index in [0.717, 1.165) is 42.4 Å². The molecule has 1 heterocycles. The zero-order chi connectivity index (χ0) is 17.9. The number of hydrogen-bond donors (Lipinski definition) is 0. The second-order valence-corrected chi connectivity index (χ2v) is 7.30. The standard InChI is InChI=1S/C21H23ClN2O2/c22-19-6-1-2-7-20(19)23-10-12-24(13-11-23)21(25)15-26-18-9-8-16-4-3-5-17(16)14-18/h1-2,6-9,14H,3-5,10-13,15H2. The third-order valence-electron chi connectivity index (χ3n) is 5.26. The Morgan fingerprint density at radius 1 is 1.00 bits per heavy atom. The van der Waals surface area contributed by atoms with Crippen molar-refractivity contribution in [1.82, 2.24) is 4.90 Å². The van der Waals surface area contributed by atoms with E-state index in [0.29, 0.717) is 13.1 Å². The lowest BCUT2D eigenvalue weighted by Crippen LogP contribution is -2.50. The molecular weight excluding hydrogens is 348 g/mol. The number of anilines is 1. The highest BCUT2D eigenvalue weighted by Gasteiger charge is 2.22. The summed E-state index contributed by atoms with van der Waals surface area (Å²) < 4.78 is 5.75. The molecule has 1 aliphatic carbocycles. The van der Waals surface area contributed by atoms with Gasteiger partial charge in [0.05, 0.1) is 10.7 Å². The quantitative estimate of drug-likeness (QED) is 0.825. The van der Waals surface area contributed by atoms with Gasteiger partial charge in [-0.3, -0.25) is 4.79 Å². The molecule has 0 radical (unpaired) electrons. The number of benzene rings is 2. The second-order valence-electron chi connectivity index (χ2n) is 6.89. The van der Waals surface area contributed by atoms with E-state index < -0.39 is 0 Å². The topological polar surface area (TPSA) is 32.8 Å². The summed E-state index contributed by atoms with van der Waals surface area (Å²) in [7, 11) is 0. The van der Waals surface area contributed by atoms with E-state index in [-0.39, 0.29) is 12.5 Å². The van der Waals surface area contributed by atoms with Crippen LogP contribution in [0.25, 0.3) is 0 Å². The van der Waals surface area contributed by atoms with Crippen LogP contribution in [-0.4, -0.2) is 43.6 Å². The average Bonchev–Trinajstić information content (AvgIpc) is 3.14. The molecule has 0 N–H and O–H groups in total. The summed E-state index contributed by atoms with van der Waals surface area (Å²) in [6.07, 6.45) is 3.49. The van der Waals surface area contributed by atoms with E-state index in [1.54, 1.807) is 0 Å². The molecule has 4 nitrogen and oxygen atoms in total. The van der Waals surface area contributed by atoms with Gasteiger partial charge in [-0.05, 0) is 54.7 Å². The normalized spacial score (nSPS) is 16.5. The van der Waals surface area contributed by atoms with Crippen molar-refractivity contribution in [3.8, 4) is 5.75 Å². The fourth-order valence-electron chi connectivity index (χ4n) is 3.78. The number of rotatable bonds is 4. The van der Waals surface area contributed by atoms with Crippen molar-refractivity contribution in [2.45, 2.75) is 19.3 Å². The minimum atomic E-state index is 0.0457.